The number of carbonyl (C=O) groups is 1. The third kappa shape index (κ3) is 7.44. The van der Waals surface area contributed by atoms with Crippen molar-refractivity contribution >= 4 is 34.9 Å². The molecule has 1 atom stereocenters. The molecule has 1 N–H and O–H groups in total. The molecule has 2 aliphatic heterocycles. The van der Waals surface area contributed by atoms with E-state index in [0.29, 0.717) is 12.5 Å². The van der Waals surface area contributed by atoms with E-state index in [1.807, 2.05) is 67.4 Å². The predicted octanol–water partition coefficient (Wildman–Crippen LogP) is 4.14. The second-order valence-corrected chi connectivity index (χ2v) is 12.5. The summed E-state index contributed by atoms with van der Waals surface area (Å²) in [4.78, 5) is 31.2. The number of rotatable bonds is 7. The summed E-state index contributed by atoms with van der Waals surface area (Å²) in [7, 11) is 4.00. The average Bonchev–Trinajstić information content (AvgIpc) is 3.60. The van der Waals surface area contributed by atoms with Gasteiger partial charge >= 0.3 is 0 Å². The monoisotopic (exact) mass is 609 g/mol. The Kier molecular flexibility index (Phi) is 9.29. The number of aromatic nitrogens is 7. The highest BCUT2D eigenvalue weighted by molar-refractivity contribution is 6.06. The van der Waals surface area contributed by atoms with Crippen LogP contribution in [0.25, 0.3) is 11.6 Å². The standard InChI is InChI=1S/C33H43N11O/c1-23(8-9-24(2)33(45)43-14-12-41(3)13-15-43)27-17-34-30(35-18-27)16-25-6-5-7-26(11-10-25)21-44-32-31(39-40-44)36-20-29(38-32)28-19-37-42(4)22-28/h8-9,16-19,22,26,36H,5-7,10-15,20-21H2,1-4H3/b23-8+,24-9+,25-16+/t26-/m1/s1. The van der Waals surface area contributed by atoms with Crippen LogP contribution in [0, 0.1) is 5.92 Å². The Bertz CT molecular complexity index is 1630. The molecule has 6 rings (SSSR count). The molecule has 236 valence electrons. The zero-order chi connectivity index (χ0) is 31.3. The van der Waals surface area contributed by atoms with Gasteiger partial charge in [-0.3, -0.25) is 9.48 Å². The summed E-state index contributed by atoms with van der Waals surface area (Å²) in [5.41, 5.74) is 6.07. The van der Waals surface area contributed by atoms with E-state index in [0.717, 1.165) is 110 Å². The van der Waals surface area contributed by atoms with Crippen molar-refractivity contribution in [1.29, 1.82) is 0 Å². The maximum absolute atomic E-state index is 12.8. The summed E-state index contributed by atoms with van der Waals surface area (Å²) < 4.78 is 3.74. The van der Waals surface area contributed by atoms with E-state index >= 15 is 0 Å². The van der Waals surface area contributed by atoms with Crippen LogP contribution in [0.15, 0.2) is 53.1 Å². The molecule has 5 heterocycles. The van der Waals surface area contributed by atoms with E-state index in [-0.39, 0.29) is 5.91 Å². The molecule has 0 unspecified atom stereocenters. The number of fused-ring (bicyclic) bond motifs is 1. The Hall–Kier alpha value is -4.45. The number of aliphatic imine (C=N–C) groups is 1. The fourth-order valence-corrected chi connectivity index (χ4v) is 6.05. The second kappa shape index (κ2) is 13.7. The van der Waals surface area contributed by atoms with Gasteiger partial charge in [-0.05, 0) is 70.6 Å². The first-order valence-corrected chi connectivity index (χ1v) is 15.9. The molecule has 0 aromatic carbocycles. The van der Waals surface area contributed by atoms with Crippen LogP contribution in [0.4, 0.5) is 11.6 Å². The number of likely N-dealkylation sites (N-methyl/N-ethyl adjacent to an activating group) is 1. The normalized spacial score (nSPS) is 20.9. The molecule has 1 aliphatic carbocycles. The number of nitrogens with one attached hydrogen (secondary N) is 1. The summed E-state index contributed by atoms with van der Waals surface area (Å²) in [5, 5.41) is 16.4. The van der Waals surface area contributed by atoms with Gasteiger partial charge < -0.3 is 15.1 Å². The van der Waals surface area contributed by atoms with Crippen LogP contribution in [-0.4, -0.2) is 95.9 Å². The first-order valence-electron chi connectivity index (χ1n) is 15.9. The zero-order valence-corrected chi connectivity index (χ0v) is 26.8. The van der Waals surface area contributed by atoms with Crippen LogP contribution in [-0.2, 0) is 18.4 Å². The lowest BCUT2D eigenvalue weighted by Gasteiger charge is -2.32. The second-order valence-electron chi connectivity index (χ2n) is 12.5. The van der Waals surface area contributed by atoms with Crippen molar-refractivity contribution in [3.8, 4) is 0 Å². The molecule has 1 amide bonds. The minimum atomic E-state index is 0.108. The van der Waals surface area contributed by atoms with Gasteiger partial charge in [-0.1, -0.05) is 22.9 Å². The number of anilines is 1. The van der Waals surface area contributed by atoms with Gasteiger partial charge in [0.05, 0.1) is 18.5 Å². The Morgan fingerprint density at radius 1 is 1.02 bits per heavy atom. The fraction of sp³-hybridized carbons (Fsp3) is 0.485. The van der Waals surface area contributed by atoms with Crippen molar-refractivity contribution in [3.05, 3.63) is 65.0 Å². The number of hydrogen-bond donors (Lipinski definition) is 1. The van der Waals surface area contributed by atoms with E-state index in [9.17, 15) is 4.79 Å². The van der Waals surface area contributed by atoms with Gasteiger partial charge in [-0.2, -0.15) is 5.10 Å². The third-order valence-corrected chi connectivity index (χ3v) is 9.00. The number of amides is 1. The first kappa shape index (κ1) is 30.6. The smallest absolute Gasteiger partial charge is 0.249 e. The summed E-state index contributed by atoms with van der Waals surface area (Å²) in [5.74, 6) is 2.89. The number of hydrogen-bond acceptors (Lipinski definition) is 9. The molecule has 2 fully saturated rings. The van der Waals surface area contributed by atoms with Gasteiger partial charge in [0.2, 0.25) is 5.91 Å². The summed E-state index contributed by atoms with van der Waals surface area (Å²) in [6.07, 6.45) is 19.0. The molecule has 3 aromatic heterocycles. The first-order chi connectivity index (χ1) is 21.8. The van der Waals surface area contributed by atoms with Crippen LogP contribution < -0.4 is 5.32 Å². The Labute approximate surface area is 264 Å². The van der Waals surface area contributed by atoms with Gasteiger partial charge in [0.25, 0.3) is 0 Å². The van der Waals surface area contributed by atoms with Gasteiger partial charge in [0.1, 0.15) is 0 Å². The van der Waals surface area contributed by atoms with Crippen molar-refractivity contribution in [3.63, 3.8) is 0 Å². The molecule has 0 bridgehead atoms. The van der Waals surface area contributed by atoms with Crippen LogP contribution in [0.3, 0.4) is 0 Å². The number of carbonyl (C=O) groups excluding carboxylic acids is 1. The highest BCUT2D eigenvalue weighted by Gasteiger charge is 2.23. The lowest BCUT2D eigenvalue weighted by Crippen LogP contribution is -2.47. The molecule has 1 saturated heterocycles. The van der Waals surface area contributed by atoms with E-state index in [4.69, 9.17) is 4.99 Å². The maximum atomic E-state index is 12.8. The van der Waals surface area contributed by atoms with Crippen molar-refractivity contribution in [2.45, 2.75) is 52.5 Å². The predicted molar refractivity (Wildman–Crippen MR) is 176 cm³/mol. The minimum absolute atomic E-state index is 0.108. The number of nitrogens with zero attached hydrogens (tertiary/aromatic N) is 10. The Morgan fingerprint density at radius 3 is 2.58 bits per heavy atom. The van der Waals surface area contributed by atoms with Crippen LogP contribution in [0.2, 0.25) is 0 Å². The molecule has 45 heavy (non-hydrogen) atoms. The molecule has 3 aliphatic rings. The lowest BCUT2D eigenvalue weighted by molar-refractivity contribution is -0.128. The highest BCUT2D eigenvalue weighted by atomic mass is 16.2. The molecule has 3 aromatic rings. The van der Waals surface area contributed by atoms with Crippen LogP contribution in [0.1, 0.15) is 62.9 Å². The largest absolute Gasteiger partial charge is 0.360 e. The molecular formula is C33H43N11O. The van der Waals surface area contributed by atoms with Crippen molar-refractivity contribution in [2.24, 2.45) is 18.0 Å². The molecule has 1 saturated carbocycles. The van der Waals surface area contributed by atoms with Gasteiger partial charge in [-0.25, -0.2) is 19.6 Å². The molecule has 12 heteroatoms. The minimum Gasteiger partial charge on any atom is -0.360 e. The molecule has 0 spiro atoms. The number of piperazine rings is 1. The summed E-state index contributed by atoms with van der Waals surface area (Å²) in [6.45, 7) is 8.72. The molecular weight excluding hydrogens is 566 g/mol. The third-order valence-electron chi connectivity index (χ3n) is 9.00. The van der Waals surface area contributed by atoms with Crippen LogP contribution in [0.5, 0.6) is 0 Å². The van der Waals surface area contributed by atoms with Crippen molar-refractivity contribution < 1.29 is 4.79 Å². The van der Waals surface area contributed by atoms with Gasteiger partial charge in [0, 0.05) is 75.1 Å². The van der Waals surface area contributed by atoms with Gasteiger partial charge in [-0.15, -0.1) is 5.10 Å². The molecule has 0 radical (unpaired) electrons. The summed E-state index contributed by atoms with van der Waals surface area (Å²) >= 11 is 0. The zero-order valence-electron chi connectivity index (χ0n) is 26.8. The van der Waals surface area contributed by atoms with Crippen molar-refractivity contribution in [2.75, 3.05) is 45.1 Å². The Balaban J connectivity index is 1.04. The SMILES string of the molecule is C/C(=C\C=C(/C)c1cnc(/C=C2\CCC[C@@H](Cn3nnc4c3N=C(c3cnn(C)c3)CN4)CC2)nc1)C(=O)N1CCN(C)CC1. The van der Waals surface area contributed by atoms with Gasteiger partial charge in [0.15, 0.2) is 17.5 Å². The summed E-state index contributed by atoms with van der Waals surface area (Å²) in [6, 6.07) is 0. The van der Waals surface area contributed by atoms with Crippen LogP contribution >= 0.6 is 0 Å². The van der Waals surface area contributed by atoms with E-state index < -0.39 is 0 Å². The van der Waals surface area contributed by atoms with E-state index in [1.165, 1.54) is 5.57 Å². The number of allylic oxidation sites excluding steroid dienone is 4. The van der Waals surface area contributed by atoms with E-state index in [2.05, 4.69) is 48.7 Å². The maximum Gasteiger partial charge on any atom is 0.249 e. The fourth-order valence-electron chi connectivity index (χ4n) is 6.05. The van der Waals surface area contributed by atoms with Crippen molar-refractivity contribution in [1.82, 2.24) is 44.5 Å². The topological polar surface area (TPSA) is 122 Å². The van der Waals surface area contributed by atoms with E-state index in [1.54, 1.807) is 4.68 Å². The highest BCUT2D eigenvalue weighted by Crippen LogP contribution is 2.32. The lowest BCUT2D eigenvalue weighted by atomic mass is 10.00. The Morgan fingerprint density at radius 2 is 1.82 bits per heavy atom. The quantitative estimate of drug-likeness (QED) is 0.241. The molecule has 12 nitrogen and oxygen atoms in total. The average molecular weight is 610 g/mol. The number of aryl methyl sites for hydroxylation is 1.